The maximum Gasteiger partial charge on any atom is 0.202 e. The third kappa shape index (κ3) is 4.19. The molecule has 0 saturated carbocycles. The van der Waals surface area contributed by atoms with Crippen molar-refractivity contribution in [1.82, 2.24) is 0 Å². The van der Waals surface area contributed by atoms with Crippen LogP contribution in [0.2, 0.25) is 0 Å². The Morgan fingerprint density at radius 3 is 2.50 bits per heavy atom. The summed E-state index contributed by atoms with van der Waals surface area (Å²) in [5.41, 5.74) is 0. The number of benzene rings is 1. The number of hydrogen-bond donors (Lipinski definition) is 1. The maximum absolute atomic E-state index is 9.68. The van der Waals surface area contributed by atoms with Gasteiger partial charge in [0.1, 0.15) is 0 Å². The first-order chi connectivity index (χ1) is 6.70. The van der Waals surface area contributed by atoms with Crippen LogP contribution in [-0.2, 0) is 4.52 Å². The number of hydrogen-bond acceptors (Lipinski definition) is 2. The fourth-order valence-corrected chi connectivity index (χ4v) is 1.86. The molecule has 1 aromatic rings. The van der Waals surface area contributed by atoms with Gasteiger partial charge in [0.05, 0.1) is 6.61 Å². The van der Waals surface area contributed by atoms with E-state index in [0.29, 0.717) is 12.5 Å². The molecule has 0 saturated heterocycles. The lowest BCUT2D eigenvalue weighted by Gasteiger charge is -2.11. The van der Waals surface area contributed by atoms with Crippen LogP contribution in [0.4, 0.5) is 0 Å². The Morgan fingerprint density at radius 2 is 1.93 bits per heavy atom. The van der Waals surface area contributed by atoms with Crippen molar-refractivity contribution >= 4 is 13.7 Å². The van der Waals surface area contributed by atoms with Gasteiger partial charge in [0.25, 0.3) is 0 Å². The van der Waals surface area contributed by atoms with E-state index in [0.717, 1.165) is 11.7 Å². The Kier molecular flexibility index (Phi) is 5.10. The van der Waals surface area contributed by atoms with Gasteiger partial charge in [-0.25, -0.2) is 0 Å². The molecule has 0 aliphatic carbocycles. The van der Waals surface area contributed by atoms with Crippen LogP contribution >= 0.6 is 8.38 Å². The molecular weight excluding hydrogens is 195 g/mol. The van der Waals surface area contributed by atoms with Crippen molar-refractivity contribution in [3.8, 4) is 0 Å². The van der Waals surface area contributed by atoms with E-state index in [9.17, 15) is 4.89 Å². The molecule has 1 atom stereocenters. The largest absolute Gasteiger partial charge is 0.346 e. The van der Waals surface area contributed by atoms with E-state index < -0.39 is 8.38 Å². The van der Waals surface area contributed by atoms with Crippen LogP contribution in [0.15, 0.2) is 30.3 Å². The third-order valence-electron chi connectivity index (χ3n) is 1.89. The lowest BCUT2D eigenvalue weighted by Crippen LogP contribution is -2.04. The predicted molar refractivity (Wildman–Crippen MR) is 60.6 cm³/mol. The molecule has 0 spiro atoms. The summed E-state index contributed by atoms with van der Waals surface area (Å²) in [6.45, 7) is 4.92. The standard InChI is InChI=1S/C11H17O2P/c1-10(2)8-9-13-14(12)11-6-4-3-5-7-11/h3-7,10,12H,8-9H2,1-2H3. The molecule has 0 aliphatic rings. The molecule has 0 bridgehead atoms. The highest BCUT2D eigenvalue weighted by Gasteiger charge is 2.07. The van der Waals surface area contributed by atoms with E-state index in [1.165, 1.54) is 0 Å². The molecule has 3 heteroatoms. The fourth-order valence-electron chi connectivity index (χ4n) is 1.00. The second-order valence-electron chi connectivity index (χ2n) is 3.62. The summed E-state index contributed by atoms with van der Waals surface area (Å²) in [4.78, 5) is 9.68. The normalized spacial score (nSPS) is 13.1. The van der Waals surface area contributed by atoms with Crippen molar-refractivity contribution in [3.63, 3.8) is 0 Å². The lowest BCUT2D eigenvalue weighted by molar-refractivity contribution is 0.291. The average Bonchev–Trinajstić information content (AvgIpc) is 2.18. The van der Waals surface area contributed by atoms with E-state index in [4.69, 9.17) is 4.52 Å². The van der Waals surface area contributed by atoms with Crippen molar-refractivity contribution in [1.29, 1.82) is 0 Å². The topological polar surface area (TPSA) is 29.5 Å². The minimum absolute atomic E-state index is 0.620. The van der Waals surface area contributed by atoms with Gasteiger partial charge in [-0.1, -0.05) is 32.0 Å². The smallest absolute Gasteiger partial charge is 0.202 e. The minimum Gasteiger partial charge on any atom is -0.346 e. The molecular formula is C11H17O2P. The molecule has 1 rings (SSSR count). The molecule has 14 heavy (non-hydrogen) atoms. The van der Waals surface area contributed by atoms with E-state index in [2.05, 4.69) is 13.8 Å². The first kappa shape index (κ1) is 11.6. The summed E-state index contributed by atoms with van der Waals surface area (Å²) in [5, 5.41) is 0.881. The molecule has 1 aromatic carbocycles. The average molecular weight is 212 g/mol. The Bertz CT molecular complexity index is 249. The quantitative estimate of drug-likeness (QED) is 0.760. The summed E-state index contributed by atoms with van der Waals surface area (Å²) in [5.74, 6) is 0.620. The Hall–Kier alpha value is -0.430. The monoisotopic (exact) mass is 212 g/mol. The molecule has 1 N–H and O–H groups in total. The van der Waals surface area contributed by atoms with Crippen LogP contribution in [0.3, 0.4) is 0 Å². The lowest BCUT2D eigenvalue weighted by atomic mass is 10.2. The highest BCUT2D eigenvalue weighted by atomic mass is 31.2. The van der Waals surface area contributed by atoms with Gasteiger partial charge in [-0.15, -0.1) is 0 Å². The zero-order chi connectivity index (χ0) is 10.4. The van der Waals surface area contributed by atoms with Crippen molar-refractivity contribution in [2.75, 3.05) is 6.61 Å². The molecule has 0 amide bonds. The summed E-state index contributed by atoms with van der Waals surface area (Å²) >= 11 is 0. The minimum atomic E-state index is -1.41. The van der Waals surface area contributed by atoms with Crippen molar-refractivity contribution in [2.45, 2.75) is 20.3 Å². The van der Waals surface area contributed by atoms with E-state index in [1.54, 1.807) is 0 Å². The summed E-state index contributed by atoms with van der Waals surface area (Å²) < 4.78 is 5.36. The van der Waals surface area contributed by atoms with Gasteiger partial charge < -0.3 is 9.42 Å². The zero-order valence-electron chi connectivity index (χ0n) is 8.68. The third-order valence-corrected chi connectivity index (χ3v) is 3.05. The van der Waals surface area contributed by atoms with Gasteiger partial charge in [-0.2, -0.15) is 0 Å². The zero-order valence-corrected chi connectivity index (χ0v) is 9.58. The molecule has 0 aromatic heterocycles. The second kappa shape index (κ2) is 6.13. The SMILES string of the molecule is CC(C)CCOP(O)c1ccccc1. The molecule has 0 heterocycles. The van der Waals surface area contributed by atoms with Crippen molar-refractivity contribution in [3.05, 3.63) is 30.3 Å². The Labute approximate surface area is 86.8 Å². The summed E-state index contributed by atoms with van der Waals surface area (Å²) in [6.07, 6.45) is 0.992. The van der Waals surface area contributed by atoms with E-state index in [1.807, 2.05) is 30.3 Å². The predicted octanol–water partition coefficient (Wildman–Crippen LogP) is 2.68. The summed E-state index contributed by atoms with van der Waals surface area (Å²) in [7, 11) is -1.41. The van der Waals surface area contributed by atoms with Crippen LogP contribution in [0.1, 0.15) is 20.3 Å². The van der Waals surface area contributed by atoms with Gasteiger partial charge in [0, 0.05) is 5.30 Å². The molecule has 2 nitrogen and oxygen atoms in total. The van der Waals surface area contributed by atoms with Gasteiger partial charge in [-0.3, -0.25) is 0 Å². The van der Waals surface area contributed by atoms with Crippen LogP contribution in [0.25, 0.3) is 0 Å². The van der Waals surface area contributed by atoms with Crippen molar-refractivity contribution < 1.29 is 9.42 Å². The van der Waals surface area contributed by atoms with Gasteiger partial charge >= 0.3 is 0 Å². The highest BCUT2D eigenvalue weighted by Crippen LogP contribution is 2.30. The van der Waals surface area contributed by atoms with Gasteiger partial charge in [0.15, 0.2) is 0 Å². The number of rotatable bonds is 5. The molecule has 0 fully saturated rings. The van der Waals surface area contributed by atoms with Crippen LogP contribution in [-0.4, -0.2) is 11.5 Å². The second-order valence-corrected chi connectivity index (χ2v) is 4.94. The first-order valence-corrected chi connectivity index (χ1v) is 6.08. The first-order valence-electron chi connectivity index (χ1n) is 4.87. The summed E-state index contributed by atoms with van der Waals surface area (Å²) in [6, 6.07) is 9.53. The highest BCUT2D eigenvalue weighted by molar-refractivity contribution is 7.55. The van der Waals surface area contributed by atoms with Gasteiger partial charge in [0.2, 0.25) is 8.38 Å². The Balaban J connectivity index is 2.32. The fraction of sp³-hybridized carbons (Fsp3) is 0.455. The maximum atomic E-state index is 9.68. The molecule has 78 valence electrons. The van der Waals surface area contributed by atoms with Crippen LogP contribution in [0.5, 0.6) is 0 Å². The van der Waals surface area contributed by atoms with E-state index >= 15 is 0 Å². The Morgan fingerprint density at radius 1 is 1.29 bits per heavy atom. The molecule has 0 aliphatic heterocycles. The van der Waals surface area contributed by atoms with Crippen molar-refractivity contribution in [2.24, 2.45) is 5.92 Å². The molecule has 0 radical (unpaired) electrons. The molecule has 1 unspecified atom stereocenters. The van der Waals surface area contributed by atoms with Gasteiger partial charge in [-0.05, 0) is 24.5 Å². The van der Waals surface area contributed by atoms with Crippen LogP contribution in [0, 0.1) is 5.92 Å². The van der Waals surface area contributed by atoms with Crippen LogP contribution < -0.4 is 5.30 Å². The van der Waals surface area contributed by atoms with E-state index in [-0.39, 0.29) is 0 Å².